The number of hydrogen-bond acceptors (Lipinski definition) is 7. The van der Waals surface area contributed by atoms with Crippen LogP contribution in [0.15, 0.2) is 46.6 Å². The smallest absolute Gasteiger partial charge is 0.302 e. The highest BCUT2D eigenvalue weighted by Crippen LogP contribution is 2.15. The number of esters is 2. The van der Waals surface area contributed by atoms with E-state index in [1.807, 2.05) is 18.2 Å². The zero-order chi connectivity index (χ0) is 23.5. The van der Waals surface area contributed by atoms with Gasteiger partial charge in [-0.05, 0) is 73.8 Å². The topological polar surface area (TPSA) is 104 Å². The van der Waals surface area contributed by atoms with Crippen molar-refractivity contribution in [2.24, 2.45) is 0 Å². The first-order valence-corrected chi connectivity index (χ1v) is 10.2. The zero-order valence-electron chi connectivity index (χ0n) is 18.6. The molecular formula is C24H32O7. The van der Waals surface area contributed by atoms with Crippen molar-refractivity contribution in [1.82, 2.24) is 0 Å². The van der Waals surface area contributed by atoms with Crippen LogP contribution in [0.3, 0.4) is 0 Å². The molecule has 0 aliphatic carbocycles. The molecule has 0 aliphatic heterocycles. The molecule has 0 rings (SSSR count). The van der Waals surface area contributed by atoms with E-state index in [1.54, 1.807) is 6.92 Å². The molecular weight excluding hydrogens is 400 g/mol. The van der Waals surface area contributed by atoms with Gasteiger partial charge in [-0.2, -0.15) is 0 Å². The fraction of sp³-hybridized carbons (Fsp3) is 0.458. The molecule has 0 aliphatic rings. The van der Waals surface area contributed by atoms with Gasteiger partial charge in [0.25, 0.3) is 0 Å². The van der Waals surface area contributed by atoms with Crippen molar-refractivity contribution in [1.29, 1.82) is 0 Å². The minimum Gasteiger partial charge on any atom is -0.461 e. The molecule has 31 heavy (non-hydrogen) atoms. The number of carbonyl (C=O) groups is 5. The molecule has 0 heterocycles. The Kier molecular flexibility index (Phi) is 16.0. The summed E-state index contributed by atoms with van der Waals surface area (Å²) in [7, 11) is 0. The maximum absolute atomic E-state index is 11.2. The predicted octanol–water partition coefficient (Wildman–Crippen LogP) is 3.78. The van der Waals surface area contributed by atoms with E-state index in [4.69, 9.17) is 9.47 Å². The number of hydrogen-bond donors (Lipinski definition) is 0. The second kappa shape index (κ2) is 17.7. The van der Waals surface area contributed by atoms with E-state index < -0.39 is 0 Å². The Morgan fingerprint density at radius 1 is 0.677 bits per heavy atom. The summed E-state index contributed by atoms with van der Waals surface area (Å²) in [5.41, 5.74) is 2.89. The third kappa shape index (κ3) is 16.4. The molecule has 170 valence electrons. The summed E-state index contributed by atoms with van der Waals surface area (Å²) in [4.78, 5) is 54.4. The van der Waals surface area contributed by atoms with Gasteiger partial charge in [0.2, 0.25) is 0 Å². The molecule has 0 unspecified atom stereocenters. The van der Waals surface area contributed by atoms with Crippen molar-refractivity contribution in [2.75, 3.05) is 13.2 Å². The normalized spacial score (nSPS) is 12.9. The van der Waals surface area contributed by atoms with Crippen LogP contribution >= 0.6 is 0 Å². The van der Waals surface area contributed by atoms with Gasteiger partial charge in [0.1, 0.15) is 32.1 Å². The van der Waals surface area contributed by atoms with Crippen LogP contribution in [0, 0.1) is 0 Å². The molecule has 0 spiro atoms. The van der Waals surface area contributed by atoms with Crippen LogP contribution < -0.4 is 0 Å². The van der Waals surface area contributed by atoms with Crippen molar-refractivity contribution in [3.05, 3.63) is 46.6 Å². The lowest BCUT2D eigenvalue weighted by molar-refractivity contribution is -0.140. The molecule has 0 atom stereocenters. The molecule has 0 bridgehead atoms. The lowest BCUT2D eigenvalue weighted by Crippen LogP contribution is -2.05. The molecule has 7 nitrogen and oxygen atoms in total. The van der Waals surface area contributed by atoms with Crippen LogP contribution in [0.2, 0.25) is 0 Å². The van der Waals surface area contributed by atoms with E-state index in [0.29, 0.717) is 62.2 Å². The summed E-state index contributed by atoms with van der Waals surface area (Å²) in [6, 6.07) is 0. The molecule has 0 N–H and O–H groups in total. The number of allylic oxidation sites excluding steroid dienone is 6. The Labute approximate surface area is 183 Å². The van der Waals surface area contributed by atoms with Crippen LogP contribution in [0.1, 0.15) is 59.3 Å². The maximum atomic E-state index is 11.2. The number of rotatable bonds is 16. The maximum Gasteiger partial charge on any atom is 0.302 e. The van der Waals surface area contributed by atoms with Crippen molar-refractivity contribution in [3.8, 4) is 0 Å². The number of carbonyl (C=O) groups excluding carboxylic acids is 5. The first kappa shape index (κ1) is 27.9. The average Bonchev–Trinajstić information content (AvgIpc) is 2.73. The van der Waals surface area contributed by atoms with Crippen molar-refractivity contribution >= 4 is 30.8 Å². The standard InChI is InChI=1S/C24H32O7/c1-19(15-26)7-4-9-23(17-30-20(2)28)11-6-12-24(18-31-21(3)29)10-5-8-22(16-27)13-14-25/h7,10-11,13-16H,4-6,8-9,12,17-18H2,1-3H3. The largest absolute Gasteiger partial charge is 0.461 e. The molecule has 0 radical (unpaired) electrons. The van der Waals surface area contributed by atoms with Gasteiger partial charge in [-0.3, -0.25) is 24.0 Å². The Hall–Kier alpha value is -3.09. The van der Waals surface area contributed by atoms with E-state index in [9.17, 15) is 24.0 Å². The summed E-state index contributed by atoms with van der Waals surface area (Å²) in [6.45, 7) is 4.75. The third-order valence-electron chi connectivity index (χ3n) is 4.24. The van der Waals surface area contributed by atoms with Crippen LogP contribution in [-0.2, 0) is 33.4 Å². The minimum atomic E-state index is -0.385. The SMILES string of the molecule is CC(=O)OCC(=CCCC(C=O)=CC=O)CCC=C(CCC=C(C)C=O)COC(C)=O. The van der Waals surface area contributed by atoms with Gasteiger partial charge in [-0.25, -0.2) is 0 Å². The lowest BCUT2D eigenvalue weighted by atomic mass is 10.0. The predicted molar refractivity (Wildman–Crippen MR) is 117 cm³/mol. The molecule has 0 amide bonds. The van der Waals surface area contributed by atoms with Gasteiger partial charge in [0.15, 0.2) is 0 Å². The first-order valence-electron chi connectivity index (χ1n) is 10.2. The van der Waals surface area contributed by atoms with Gasteiger partial charge in [-0.15, -0.1) is 0 Å². The summed E-state index contributed by atoms with van der Waals surface area (Å²) in [5, 5.41) is 0. The van der Waals surface area contributed by atoms with Gasteiger partial charge in [0.05, 0.1) is 0 Å². The van der Waals surface area contributed by atoms with Gasteiger partial charge >= 0.3 is 11.9 Å². The summed E-state index contributed by atoms with van der Waals surface area (Å²) in [5.74, 6) is -0.751. The molecule has 0 fully saturated rings. The van der Waals surface area contributed by atoms with Crippen LogP contribution in [0.25, 0.3) is 0 Å². The van der Waals surface area contributed by atoms with Crippen LogP contribution in [0.4, 0.5) is 0 Å². The Morgan fingerprint density at radius 3 is 1.58 bits per heavy atom. The number of ether oxygens (including phenoxy) is 2. The first-order chi connectivity index (χ1) is 14.8. The average molecular weight is 433 g/mol. The summed E-state index contributed by atoms with van der Waals surface area (Å²) >= 11 is 0. The van der Waals surface area contributed by atoms with E-state index in [1.165, 1.54) is 19.9 Å². The van der Waals surface area contributed by atoms with Crippen LogP contribution in [0.5, 0.6) is 0 Å². The molecule has 0 aromatic carbocycles. The molecule has 0 aromatic rings. The molecule has 0 saturated heterocycles. The monoisotopic (exact) mass is 432 g/mol. The highest BCUT2D eigenvalue weighted by molar-refractivity contribution is 5.81. The molecule has 0 saturated carbocycles. The molecule has 0 aromatic heterocycles. The van der Waals surface area contributed by atoms with Crippen LogP contribution in [-0.4, -0.2) is 44.0 Å². The summed E-state index contributed by atoms with van der Waals surface area (Å²) in [6.07, 6.45) is 12.5. The zero-order valence-corrected chi connectivity index (χ0v) is 18.6. The molecule has 7 heteroatoms. The lowest BCUT2D eigenvalue weighted by Gasteiger charge is -2.10. The van der Waals surface area contributed by atoms with Gasteiger partial charge in [0, 0.05) is 13.8 Å². The van der Waals surface area contributed by atoms with Gasteiger partial charge < -0.3 is 9.47 Å². The van der Waals surface area contributed by atoms with E-state index >= 15 is 0 Å². The fourth-order valence-electron chi connectivity index (χ4n) is 2.56. The van der Waals surface area contributed by atoms with E-state index in [0.717, 1.165) is 17.4 Å². The minimum absolute atomic E-state index is 0.150. The highest BCUT2D eigenvalue weighted by Gasteiger charge is 2.04. The summed E-state index contributed by atoms with van der Waals surface area (Å²) < 4.78 is 10.2. The van der Waals surface area contributed by atoms with Crippen molar-refractivity contribution < 1.29 is 33.4 Å². The fourth-order valence-corrected chi connectivity index (χ4v) is 2.56. The van der Waals surface area contributed by atoms with E-state index in [2.05, 4.69) is 0 Å². The third-order valence-corrected chi connectivity index (χ3v) is 4.24. The highest BCUT2D eigenvalue weighted by atomic mass is 16.5. The Balaban J connectivity index is 5.07. The Morgan fingerprint density at radius 2 is 1.16 bits per heavy atom. The van der Waals surface area contributed by atoms with Crippen molar-refractivity contribution in [2.45, 2.75) is 59.3 Å². The second-order valence-electron chi connectivity index (χ2n) is 6.96. The quantitative estimate of drug-likeness (QED) is 0.158. The number of aldehydes is 3. The van der Waals surface area contributed by atoms with Crippen molar-refractivity contribution in [3.63, 3.8) is 0 Å². The Bertz CT molecular complexity index is 739. The second-order valence-corrected chi connectivity index (χ2v) is 6.96. The van der Waals surface area contributed by atoms with E-state index in [-0.39, 0.29) is 25.2 Å². The van der Waals surface area contributed by atoms with Gasteiger partial charge in [-0.1, -0.05) is 18.2 Å².